The molecule has 3 nitrogen and oxygen atoms in total. The third-order valence-electron chi connectivity index (χ3n) is 4.78. The van der Waals surface area contributed by atoms with Crippen LogP contribution in [0.5, 0.6) is 11.5 Å². The van der Waals surface area contributed by atoms with Crippen LogP contribution < -0.4 is 14.8 Å². The van der Waals surface area contributed by atoms with Gasteiger partial charge in [-0.05, 0) is 37.2 Å². The third-order valence-corrected chi connectivity index (χ3v) is 4.78. The Balaban J connectivity index is 1.66. The van der Waals surface area contributed by atoms with Crippen LogP contribution in [0, 0.1) is 11.8 Å². The Morgan fingerprint density at radius 3 is 2.68 bits per heavy atom. The first-order valence-corrected chi connectivity index (χ1v) is 7.25. The minimum atomic E-state index is 0.703. The molecule has 0 spiro atoms. The zero-order valence-electron chi connectivity index (χ0n) is 11.8. The zero-order chi connectivity index (χ0) is 13.2. The van der Waals surface area contributed by atoms with E-state index in [9.17, 15) is 0 Å². The van der Waals surface area contributed by atoms with Crippen molar-refractivity contribution < 1.29 is 9.47 Å². The number of fused-ring (bicyclic) bond motifs is 2. The van der Waals surface area contributed by atoms with E-state index in [2.05, 4.69) is 11.4 Å². The van der Waals surface area contributed by atoms with Crippen molar-refractivity contribution in [1.29, 1.82) is 0 Å². The van der Waals surface area contributed by atoms with Crippen molar-refractivity contribution in [2.45, 2.75) is 38.3 Å². The highest BCUT2D eigenvalue weighted by Crippen LogP contribution is 2.44. The van der Waals surface area contributed by atoms with Gasteiger partial charge in [0.2, 0.25) is 0 Å². The number of benzene rings is 1. The molecule has 0 unspecified atom stereocenters. The molecule has 1 aromatic rings. The van der Waals surface area contributed by atoms with Gasteiger partial charge in [-0.1, -0.05) is 18.6 Å². The molecule has 0 amide bonds. The summed E-state index contributed by atoms with van der Waals surface area (Å²) in [5.74, 6) is 3.56. The Hall–Kier alpha value is -1.22. The summed E-state index contributed by atoms with van der Waals surface area (Å²) < 4.78 is 10.8. The van der Waals surface area contributed by atoms with Crippen LogP contribution in [0.4, 0.5) is 0 Å². The topological polar surface area (TPSA) is 30.5 Å². The van der Waals surface area contributed by atoms with Crippen LogP contribution in [0.15, 0.2) is 18.2 Å². The van der Waals surface area contributed by atoms with E-state index < -0.39 is 0 Å². The number of para-hydroxylation sites is 1. The second-order valence-electron chi connectivity index (χ2n) is 5.81. The molecule has 2 fully saturated rings. The Kier molecular flexibility index (Phi) is 3.65. The Labute approximate surface area is 115 Å². The lowest BCUT2D eigenvalue weighted by atomic mass is 9.95. The van der Waals surface area contributed by atoms with Gasteiger partial charge in [0.05, 0.1) is 14.2 Å². The first-order chi connectivity index (χ1) is 9.31. The number of methoxy groups -OCH3 is 2. The van der Waals surface area contributed by atoms with Crippen molar-refractivity contribution in [2.75, 3.05) is 14.2 Å². The van der Waals surface area contributed by atoms with E-state index in [0.717, 1.165) is 29.9 Å². The molecular weight excluding hydrogens is 238 g/mol. The van der Waals surface area contributed by atoms with Crippen LogP contribution >= 0.6 is 0 Å². The standard InChI is InChI=1S/C16H23NO2/c1-18-15-5-3-4-13(16(15)19-2)10-17-14-9-11-6-7-12(14)8-11/h3-5,11-12,14,17H,6-10H2,1-2H3/t11-,12-,14+/m1/s1. The Bertz CT molecular complexity index is 446. The lowest BCUT2D eigenvalue weighted by Crippen LogP contribution is -2.33. The molecule has 0 aromatic heterocycles. The molecule has 2 aliphatic rings. The minimum absolute atomic E-state index is 0.703. The molecule has 0 saturated heterocycles. The fourth-order valence-corrected chi connectivity index (χ4v) is 3.83. The predicted octanol–water partition coefficient (Wildman–Crippen LogP) is 2.98. The van der Waals surface area contributed by atoms with Crippen LogP contribution in [0.2, 0.25) is 0 Å². The van der Waals surface area contributed by atoms with Gasteiger partial charge in [-0.2, -0.15) is 0 Å². The quantitative estimate of drug-likeness (QED) is 0.884. The maximum Gasteiger partial charge on any atom is 0.165 e. The lowest BCUT2D eigenvalue weighted by Gasteiger charge is -2.23. The normalized spacial score (nSPS) is 28.6. The van der Waals surface area contributed by atoms with E-state index in [1.807, 2.05) is 12.1 Å². The van der Waals surface area contributed by atoms with Gasteiger partial charge in [-0.15, -0.1) is 0 Å². The van der Waals surface area contributed by atoms with Crippen molar-refractivity contribution in [1.82, 2.24) is 5.32 Å². The van der Waals surface area contributed by atoms with Gasteiger partial charge in [0.25, 0.3) is 0 Å². The average Bonchev–Trinajstić information content (AvgIpc) is 3.06. The van der Waals surface area contributed by atoms with Gasteiger partial charge in [0.1, 0.15) is 0 Å². The summed E-state index contributed by atoms with van der Waals surface area (Å²) in [6.07, 6.45) is 5.66. The van der Waals surface area contributed by atoms with E-state index in [-0.39, 0.29) is 0 Å². The van der Waals surface area contributed by atoms with Gasteiger partial charge in [-0.25, -0.2) is 0 Å². The fraction of sp³-hybridized carbons (Fsp3) is 0.625. The molecule has 2 bridgehead atoms. The van der Waals surface area contributed by atoms with E-state index in [1.54, 1.807) is 14.2 Å². The molecule has 104 valence electrons. The summed E-state index contributed by atoms with van der Waals surface area (Å²) >= 11 is 0. The maximum atomic E-state index is 5.48. The van der Waals surface area contributed by atoms with Crippen LogP contribution in [0.3, 0.4) is 0 Å². The van der Waals surface area contributed by atoms with Crippen LogP contribution in [-0.4, -0.2) is 20.3 Å². The van der Waals surface area contributed by atoms with Crippen molar-refractivity contribution >= 4 is 0 Å². The molecule has 3 rings (SSSR count). The molecule has 3 atom stereocenters. The van der Waals surface area contributed by atoms with Gasteiger partial charge in [0.15, 0.2) is 11.5 Å². The van der Waals surface area contributed by atoms with E-state index in [4.69, 9.17) is 9.47 Å². The zero-order valence-corrected chi connectivity index (χ0v) is 11.8. The monoisotopic (exact) mass is 261 g/mol. The second-order valence-corrected chi connectivity index (χ2v) is 5.81. The van der Waals surface area contributed by atoms with Gasteiger partial charge < -0.3 is 14.8 Å². The van der Waals surface area contributed by atoms with Crippen LogP contribution in [0.1, 0.15) is 31.2 Å². The minimum Gasteiger partial charge on any atom is -0.493 e. The summed E-state index contributed by atoms with van der Waals surface area (Å²) in [5, 5.41) is 3.72. The molecular formula is C16H23NO2. The molecule has 1 N–H and O–H groups in total. The van der Waals surface area contributed by atoms with Gasteiger partial charge >= 0.3 is 0 Å². The summed E-state index contributed by atoms with van der Waals surface area (Å²) in [7, 11) is 3.39. The highest BCUT2D eigenvalue weighted by atomic mass is 16.5. The van der Waals surface area contributed by atoms with E-state index in [1.165, 1.54) is 31.2 Å². The number of ether oxygens (including phenoxy) is 2. The summed E-state index contributed by atoms with van der Waals surface area (Å²) in [6.45, 7) is 0.869. The number of hydrogen-bond donors (Lipinski definition) is 1. The highest BCUT2D eigenvalue weighted by molar-refractivity contribution is 5.46. The third kappa shape index (κ3) is 2.44. The number of rotatable bonds is 5. The maximum absolute atomic E-state index is 5.48. The number of hydrogen-bond acceptors (Lipinski definition) is 3. The van der Waals surface area contributed by atoms with Crippen LogP contribution in [-0.2, 0) is 6.54 Å². The molecule has 0 aliphatic heterocycles. The molecule has 2 aliphatic carbocycles. The highest BCUT2D eigenvalue weighted by Gasteiger charge is 2.39. The average molecular weight is 261 g/mol. The molecule has 3 heteroatoms. The summed E-state index contributed by atoms with van der Waals surface area (Å²) in [5.41, 5.74) is 1.18. The van der Waals surface area contributed by atoms with Crippen molar-refractivity contribution in [3.05, 3.63) is 23.8 Å². The van der Waals surface area contributed by atoms with Crippen molar-refractivity contribution in [2.24, 2.45) is 11.8 Å². The van der Waals surface area contributed by atoms with Gasteiger partial charge in [-0.3, -0.25) is 0 Å². The Morgan fingerprint density at radius 2 is 2.05 bits per heavy atom. The summed E-state index contributed by atoms with van der Waals surface area (Å²) in [4.78, 5) is 0. The second kappa shape index (κ2) is 5.41. The van der Waals surface area contributed by atoms with Gasteiger partial charge in [0, 0.05) is 18.2 Å². The van der Waals surface area contributed by atoms with Crippen LogP contribution in [0.25, 0.3) is 0 Å². The first kappa shape index (κ1) is 12.8. The lowest BCUT2D eigenvalue weighted by molar-refractivity contribution is 0.336. The molecule has 19 heavy (non-hydrogen) atoms. The van der Waals surface area contributed by atoms with E-state index >= 15 is 0 Å². The first-order valence-electron chi connectivity index (χ1n) is 7.25. The number of nitrogens with one attached hydrogen (secondary N) is 1. The largest absolute Gasteiger partial charge is 0.493 e. The molecule has 2 saturated carbocycles. The molecule has 1 aromatic carbocycles. The Morgan fingerprint density at radius 1 is 1.16 bits per heavy atom. The fourth-order valence-electron chi connectivity index (χ4n) is 3.83. The summed E-state index contributed by atoms with van der Waals surface area (Å²) in [6, 6.07) is 6.79. The smallest absolute Gasteiger partial charge is 0.165 e. The molecule has 0 heterocycles. The SMILES string of the molecule is COc1cccc(CN[C@H]2C[C@@H]3CC[C@@H]2C3)c1OC. The van der Waals surface area contributed by atoms with E-state index in [0.29, 0.717) is 6.04 Å². The molecule has 0 radical (unpaired) electrons. The van der Waals surface area contributed by atoms with Crippen molar-refractivity contribution in [3.8, 4) is 11.5 Å². The van der Waals surface area contributed by atoms with Crippen molar-refractivity contribution in [3.63, 3.8) is 0 Å². The predicted molar refractivity (Wildman–Crippen MR) is 75.6 cm³/mol.